The van der Waals surface area contributed by atoms with E-state index in [1.165, 1.54) is 48.2 Å². The van der Waals surface area contributed by atoms with Gasteiger partial charge in [-0.25, -0.2) is 14.5 Å². The van der Waals surface area contributed by atoms with E-state index in [0.29, 0.717) is 16.8 Å². The van der Waals surface area contributed by atoms with E-state index in [2.05, 4.69) is 25.3 Å². The SMILES string of the molecule is COC(=O)c1ccc(NC(=O)Cn2cnc3c(nnn3Cc3cccc(C(F)(F)F)c3)c2=O)cc1. The number of aromatic nitrogens is 5. The summed E-state index contributed by atoms with van der Waals surface area (Å²) in [7, 11) is 1.25. The van der Waals surface area contributed by atoms with Crippen LogP contribution in [0.4, 0.5) is 18.9 Å². The minimum atomic E-state index is -4.49. The first-order valence-electron chi connectivity index (χ1n) is 10.1. The van der Waals surface area contributed by atoms with Gasteiger partial charge in [-0.3, -0.25) is 14.2 Å². The number of esters is 1. The molecule has 0 atom stereocenters. The molecular weight excluding hydrogens is 469 g/mol. The van der Waals surface area contributed by atoms with E-state index in [1.54, 1.807) is 0 Å². The molecule has 0 fully saturated rings. The van der Waals surface area contributed by atoms with Crippen molar-refractivity contribution in [3.8, 4) is 0 Å². The van der Waals surface area contributed by atoms with Crippen LogP contribution in [0.1, 0.15) is 21.5 Å². The fraction of sp³-hybridized carbons (Fsp3) is 0.182. The minimum Gasteiger partial charge on any atom is -0.465 e. The monoisotopic (exact) mass is 486 g/mol. The van der Waals surface area contributed by atoms with E-state index in [9.17, 15) is 27.6 Å². The number of carbonyl (C=O) groups excluding carboxylic acids is 2. The second-order valence-corrected chi connectivity index (χ2v) is 7.41. The number of methoxy groups -OCH3 is 1. The highest BCUT2D eigenvalue weighted by Gasteiger charge is 2.30. The average molecular weight is 486 g/mol. The summed E-state index contributed by atoms with van der Waals surface area (Å²) in [5, 5.41) is 10.2. The van der Waals surface area contributed by atoms with E-state index in [0.717, 1.165) is 23.0 Å². The molecule has 0 aliphatic rings. The zero-order chi connectivity index (χ0) is 25.2. The van der Waals surface area contributed by atoms with Crippen molar-refractivity contribution in [1.29, 1.82) is 0 Å². The number of benzene rings is 2. The molecule has 2 heterocycles. The van der Waals surface area contributed by atoms with Crippen molar-refractivity contribution in [1.82, 2.24) is 24.5 Å². The Kier molecular flexibility index (Phi) is 6.32. The van der Waals surface area contributed by atoms with Gasteiger partial charge in [0, 0.05) is 5.69 Å². The van der Waals surface area contributed by atoms with Crippen LogP contribution in [-0.2, 0) is 28.8 Å². The lowest BCUT2D eigenvalue weighted by molar-refractivity contribution is -0.137. The van der Waals surface area contributed by atoms with Crippen molar-refractivity contribution in [2.24, 2.45) is 0 Å². The van der Waals surface area contributed by atoms with Gasteiger partial charge in [-0.1, -0.05) is 17.3 Å². The summed E-state index contributed by atoms with van der Waals surface area (Å²) in [5.41, 5.74) is -0.490. The van der Waals surface area contributed by atoms with Crippen LogP contribution < -0.4 is 10.9 Å². The third kappa shape index (κ3) is 5.18. The molecule has 2 aromatic heterocycles. The van der Waals surface area contributed by atoms with Gasteiger partial charge in [-0.2, -0.15) is 13.2 Å². The van der Waals surface area contributed by atoms with Crippen LogP contribution in [0.3, 0.4) is 0 Å². The van der Waals surface area contributed by atoms with E-state index < -0.39 is 29.2 Å². The summed E-state index contributed by atoms with van der Waals surface area (Å²) in [5.74, 6) is -1.05. The van der Waals surface area contributed by atoms with Crippen LogP contribution in [0, 0.1) is 0 Å². The summed E-state index contributed by atoms with van der Waals surface area (Å²) in [4.78, 5) is 40.7. The first kappa shape index (κ1) is 23.6. The van der Waals surface area contributed by atoms with Gasteiger partial charge < -0.3 is 10.1 Å². The number of anilines is 1. The Bertz CT molecular complexity index is 1460. The van der Waals surface area contributed by atoms with Gasteiger partial charge in [0.25, 0.3) is 5.56 Å². The molecule has 0 radical (unpaired) electrons. The van der Waals surface area contributed by atoms with Crippen molar-refractivity contribution < 1.29 is 27.5 Å². The maximum absolute atomic E-state index is 13.0. The molecule has 10 nitrogen and oxygen atoms in total. The summed E-state index contributed by atoms with van der Waals surface area (Å²) in [6, 6.07) is 10.7. The summed E-state index contributed by atoms with van der Waals surface area (Å²) >= 11 is 0. The number of nitrogens with one attached hydrogen (secondary N) is 1. The molecule has 2 aromatic carbocycles. The van der Waals surface area contributed by atoms with Crippen LogP contribution in [0.25, 0.3) is 11.2 Å². The van der Waals surface area contributed by atoms with E-state index in [4.69, 9.17) is 0 Å². The van der Waals surface area contributed by atoms with Gasteiger partial charge in [-0.05, 0) is 42.0 Å². The van der Waals surface area contributed by atoms with E-state index >= 15 is 0 Å². The number of hydrogen-bond donors (Lipinski definition) is 1. The third-order valence-electron chi connectivity index (χ3n) is 4.98. The number of rotatable bonds is 6. The molecule has 4 aromatic rings. The summed E-state index contributed by atoms with van der Waals surface area (Å²) < 4.78 is 45.7. The quantitative estimate of drug-likeness (QED) is 0.416. The van der Waals surface area contributed by atoms with Gasteiger partial charge in [0.15, 0.2) is 11.2 Å². The Morgan fingerprint density at radius 1 is 1.11 bits per heavy atom. The van der Waals surface area contributed by atoms with Crippen molar-refractivity contribution >= 4 is 28.7 Å². The zero-order valence-electron chi connectivity index (χ0n) is 18.1. The van der Waals surface area contributed by atoms with Crippen molar-refractivity contribution in [3.05, 3.63) is 81.9 Å². The first-order valence-corrected chi connectivity index (χ1v) is 10.1. The normalized spacial score (nSPS) is 11.4. The molecule has 4 rings (SSSR count). The number of hydrogen-bond acceptors (Lipinski definition) is 7. The number of alkyl halides is 3. The molecule has 180 valence electrons. The molecule has 1 N–H and O–H groups in total. The molecule has 0 unspecified atom stereocenters. The summed E-state index contributed by atoms with van der Waals surface area (Å²) in [6.45, 7) is -0.458. The van der Waals surface area contributed by atoms with Gasteiger partial charge in [0.05, 0.1) is 24.8 Å². The minimum absolute atomic E-state index is 0.0717. The topological polar surface area (TPSA) is 121 Å². The van der Waals surface area contributed by atoms with E-state index in [-0.39, 0.29) is 24.3 Å². The fourth-order valence-electron chi connectivity index (χ4n) is 3.29. The van der Waals surface area contributed by atoms with Crippen LogP contribution in [0.15, 0.2) is 59.7 Å². The predicted octanol–water partition coefficient (Wildman–Crippen LogP) is 2.48. The molecule has 0 spiro atoms. The first-order chi connectivity index (χ1) is 16.7. The van der Waals surface area contributed by atoms with Crippen LogP contribution >= 0.6 is 0 Å². The van der Waals surface area contributed by atoms with Crippen molar-refractivity contribution in [2.45, 2.75) is 19.3 Å². The highest BCUT2D eigenvalue weighted by atomic mass is 19.4. The number of nitrogens with zero attached hydrogens (tertiary/aromatic N) is 5. The molecule has 13 heteroatoms. The van der Waals surface area contributed by atoms with E-state index in [1.807, 2.05) is 0 Å². The van der Waals surface area contributed by atoms with Crippen LogP contribution in [-0.4, -0.2) is 43.5 Å². The molecular formula is C22H17F3N6O4. The maximum atomic E-state index is 13.0. The van der Waals surface area contributed by atoms with Gasteiger partial charge >= 0.3 is 12.1 Å². The lowest BCUT2D eigenvalue weighted by Crippen LogP contribution is -2.28. The lowest BCUT2D eigenvalue weighted by Gasteiger charge is -2.09. The molecule has 0 aliphatic heterocycles. The van der Waals surface area contributed by atoms with Crippen LogP contribution in [0.2, 0.25) is 0 Å². The fourth-order valence-corrected chi connectivity index (χ4v) is 3.29. The van der Waals surface area contributed by atoms with Gasteiger partial charge in [-0.15, -0.1) is 5.10 Å². The zero-order valence-corrected chi connectivity index (χ0v) is 18.1. The maximum Gasteiger partial charge on any atom is 0.416 e. The van der Waals surface area contributed by atoms with Crippen molar-refractivity contribution in [3.63, 3.8) is 0 Å². The molecule has 35 heavy (non-hydrogen) atoms. The van der Waals surface area contributed by atoms with Gasteiger partial charge in [0.2, 0.25) is 5.91 Å². The number of fused-ring (bicyclic) bond motifs is 1. The Labute approximate surface area is 195 Å². The molecule has 0 saturated carbocycles. The predicted molar refractivity (Wildman–Crippen MR) is 117 cm³/mol. The standard InChI is InChI=1S/C22H17F3N6O4/c1-35-21(34)14-5-7-16(8-6-14)27-17(32)11-30-12-26-19-18(20(30)33)28-29-31(19)10-13-3-2-4-15(9-13)22(23,24)25/h2-9,12H,10-11H2,1H3,(H,27,32). The number of ether oxygens (including phenoxy) is 1. The van der Waals surface area contributed by atoms with Gasteiger partial charge in [0.1, 0.15) is 12.9 Å². The molecule has 1 amide bonds. The van der Waals surface area contributed by atoms with Crippen LogP contribution in [0.5, 0.6) is 0 Å². The average Bonchev–Trinajstić information content (AvgIpc) is 3.24. The smallest absolute Gasteiger partial charge is 0.416 e. The third-order valence-corrected chi connectivity index (χ3v) is 4.98. The molecule has 0 saturated heterocycles. The Balaban J connectivity index is 1.49. The highest BCUT2D eigenvalue weighted by molar-refractivity contribution is 5.93. The highest BCUT2D eigenvalue weighted by Crippen LogP contribution is 2.29. The largest absolute Gasteiger partial charge is 0.465 e. The second-order valence-electron chi connectivity index (χ2n) is 7.41. The Hall–Kier alpha value is -4.55. The number of amides is 1. The van der Waals surface area contributed by atoms with Crippen molar-refractivity contribution in [2.75, 3.05) is 12.4 Å². The second kappa shape index (κ2) is 9.37. The molecule has 0 aliphatic carbocycles. The number of carbonyl (C=O) groups is 2. The number of halogens is 3. The summed E-state index contributed by atoms with van der Waals surface area (Å²) in [6.07, 6.45) is -3.35. The molecule has 0 bridgehead atoms. The lowest BCUT2D eigenvalue weighted by atomic mass is 10.1. The Morgan fingerprint density at radius 3 is 2.54 bits per heavy atom. The Morgan fingerprint density at radius 2 is 1.86 bits per heavy atom.